The molecule has 0 radical (unpaired) electrons. The highest BCUT2D eigenvalue weighted by atomic mass is 16.4. The first-order chi connectivity index (χ1) is 13.5. The van der Waals surface area contributed by atoms with Crippen molar-refractivity contribution >= 4 is 28.5 Å². The van der Waals surface area contributed by atoms with Crippen LogP contribution in [0.2, 0.25) is 0 Å². The van der Waals surface area contributed by atoms with E-state index in [1.54, 1.807) is 24.3 Å². The summed E-state index contributed by atoms with van der Waals surface area (Å²) in [7, 11) is 0. The molecule has 0 bridgehead atoms. The van der Waals surface area contributed by atoms with E-state index in [2.05, 4.69) is 17.4 Å². The van der Waals surface area contributed by atoms with Crippen LogP contribution in [0.1, 0.15) is 10.4 Å². The second-order valence-corrected chi connectivity index (χ2v) is 6.12. The minimum Gasteiger partial charge on any atom is -0.508 e. The molecular weight excluding hydrogens is 358 g/mol. The van der Waals surface area contributed by atoms with Gasteiger partial charge in [-0.05, 0) is 54.4 Å². The normalized spacial score (nSPS) is 10.7. The van der Waals surface area contributed by atoms with Crippen LogP contribution in [-0.4, -0.2) is 22.1 Å². The molecule has 0 saturated heterocycles. The molecule has 1 heterocycles. The number of phenolic OH excluding ortho intramolecular Hbond substituents is 1. The third-order valence-corrected chi connectivity index (χ3v) is 4.39. The number of aliphatic imine (C=N–C) groups is 1. The molecule has 0 atom stereocenters. The third kappa shape index (κ3) is 2.84. The van der Waals surface area contributed by atoms with E-state index in [0.29, 0.717) is 39.1 Å². The predicted molar refractivity (Wildman–Crippen MR) is 106 cm³/mol. The molecule has 2 N–H and O–H groups in total. The number of aromatic hydroxyl groups is 1. The predicted octanol–water partition coefficient (Wildman–Crippen LogP) is 4.46. The van der Waals surface area contributed by atoms with Crippen LogP contribution in [0.3, 0.4) is 0 Å². The molecule has 1 aliphatic carbocycles. The van der Waals surface area contributed by atoms with Gasteiger partial charge in [0.15, 0.2) is 5.43 Å². The molecule has 0 amide bonds. The highest BCUT2D eigenvalue weighted by Crippen LogP contribution is 2.42. The Kier molecular flexibility index (Phi) is 4.03. The zero-order valence-electron chi connectivity index (χ0n) is 14.5. The quantitative estimate of drug-likeness (QED) is 0.409. The summed E-state index contributed by atoms with van der Waals surface area (Å²) in [5.74, 6) is 1.55. The lowest BCUT2D eigenvalue weighted by molar-refractivity contribution is 0.0697. The Morgan fingerprint density at radius 1 is 1.04 bits per heavy atom. The molecular formula is C22H13NO5. The number of rotatable bonds is 3. The highest BCUT2D eigenvalue weighted by molar-refractivity contribution is 6.08. The van der Waals surface area contributed by atoms with Crippen LogP contribution in [0.5, 0.6) is 5.75 Å². The van der Waals surface area contributed by atoms with Gasteiger partial charge in [-0.1, -0.05) is 6.07 Å². The van der Waals surface area contributed by atoms with E-state index in [0.717, 1.165) is 0 Å². The molecule has 4 rings (SSSR count). The Labute approximate surface area is 158 Å². The molecule has 1 aliphatic heterocycles. The number of hydrogen-bond acceptors (Lipinski definition) is 5. The molecule has 0 aromatic heterocycles. The second-order valence-electron chi connectivity index (χ2n) is 6.12. The fraction of sp³-hybridized carbons (Fsp3) is 0. The van der Waals surface area contributed by atoms with Crippen LogP contribution in [-0.2, 0) is 0 Å². The Balaban J connectivity index is 2.17. The first kappa shape index (κ1) is 17.3. The maximum absolute atomic E-state index is 11.9. The summed E-state index contributed by atoms with van der Waals surface area (Å²) in [5.41, 5.74) is 2.14. The van der Waals surface area contributed by atoms with Gasteiger partial charge < -0.3 is 14.6 Å². The van der Waals surface area contributed by atoms with Gasteiger partial charge in [0, 0.05) is 28.6 Å². The van der Waals surface area contributed by atoms with Gasteiger partial charge in [-0.3, -0.25) is 4.79 Å². The Morgan fingerprint density at radius 2 is 1.82 bits per heavy atom. The number of carboxylic acid groups (broad SMARTS) is 1. The summed E-state index contributed by atoms with van der Waals surface area (Å²) in [6.45, 7) is 3.40. The summed E-state index contributed by atoms with van der Waals surface area (Å²) in [5, 5.41) is 20.2. The number of carbonyl (C=O) groups is 1. The molecule has 2 aromatic rings. The maximum atomic E-state index is 11.9. The SMILES string of the molecule is C=C=Nc1ccc(-c2c3ccc(=O)cc-3oc3cc(O)ccc23)c(C(=O)O)c1. The average molecular weight is 371 g/mol. The van der Waals surface area contributed by atoms with Gasteiger partial charge in [-0.2, -0.15) is 0 Å². The van der Waals surface area contributed by atoms with Gasteiger partial charge in [0.2, 0.25) is 0 Å². The Morgan fingerprint density at radius 3 is 2.57 bits per heavy atom. The number of benzene rings is 3. The van der Waals surface area contributed by atoms with Gasteiger partial charge >= 0.3 is 5.97 Å². The van der Waals surface area contributed by atoms with E-state index >= 15 is 0 Å². The molecule has 2 aliphatic rings. The fourth-order valence-electron chi connectivity index (χ4n) is 3.24. The minimum absolute atomic E-state index is 0.00560. The van der Waals surface area contributed by atoms with E-state index in [1.807, 2.05) is 0 Å². The summed E-state index contributed by atoms with van der Waals surface area (Å²) in [6.07, 6.45) is 0. The smallest absolute Gasteiger partial charge is 0.336 e. The van der Waals surface area contributed by atoms with Crippen molar-refractivity contribution in [3.05, 3.63) is 77.0 Å². The van der Waals surface area contributed by atoms with Crippen LogP contribution in [0.25, 0.3) is 33.4 Å². The Bertz CT molecular complexity index is 1330. The second kappa shape index (κ2) is 6.54. The van der Waals surface area contributed by atoms with Gasteiger partial charge in [0.1, 0.15) is 17.1 Å². The first-order valence-electron chi connectivity index (χ1n) is 8.28. The van der Waals surface area contributed by atoms with E-state index in [9.17, 15) is 19.8 Å². The Hall–Kier alpha value is -4.15. The van der Waals surface area contributed by atoms with E-state index in [4.69, 9.17) is 4.42 Å². The van der Waals surface area contributed by atoms with Gasteiger partial charge in [-0.15, -0.1) is 0 Å². The molecule has 0 saturated carbocycles. The lowest BCUT2D eigenvalue weighted by atomic mass is 9.90. The molecule has 28 heavy (non-hydrogen) atoms. The van der Waals surface area contributed by atoms with Crippen LogP contribution in [0.4, 0.5) is 5.69 Å². The number of fused-ring (bicyclic) bond motifs is 2. The van der Waals surface area contributed by atoms with Crippen molar-refractivity contribution in [2.24, 2.45) is 4.99 Å². The zero-order chi connectivity index (χ0) is 19.8. The molecule has 2 aromatic carbocycles. The minimum atomic E-state index is -1.13. The monoisotopic (exact) mass is 371 g/mol. The van der Waals surface area contributed by atoms with Crippen molar-refractivity contribution in [3.63, 3.8) is 0 Å². The van der Waals surface area contributed by atoms with Crippen molar-refractivity contribution in [1.82, 2.24) is 0 Å². The summed E-state index contributed by atoms with van der Waals surface area (Å²) in [4.78, 5) is 27.7. The zero-order valence-corrected chi connectivity index (χ0v) is 14.5. The van der Waals surface area contributed by atoms with Gasteiger partial charge in [0.25, 0.3) is 0 Å². The summed E-state index contributed by atoms with van der Waals surface area (Å²) >= 11 is 0. The average Bonchev–Trinajstić information content (AvgIpc) is 2.66. The molecule has 0 spiro atoms. The third-order valence-electron chi connectivity index (χ3n) is 4.39. The lowest BCUT2D eigenvalue weighted by Gasteiger charge is -2.16. The molecule has 0 fully saturated rings. The molecule has 6 nitrogen and oxygen atoms in total. The van der Waals surface area contributed by atoms with E-state index in [-0.39, 0.29) is 16.7 Å². The van der Waals surface area contributed by atoms with E-state index < -0.39 is 5.97 Å². The van der Waals surface area contributed by atoms with Crippen molar-refractivity contribution in [3.8, 4) is 28.2 Å². The van der Waals surface area contributed by atoms with Crippen LogP contribution in [0, 0.1) is 0 Å². The van der Waals surface area contributed by atoms with Gasteiger partial charge in [-0.25, -0.2) is 9.79 Å². The van der Waals surface area contributed by atoms with Crippen molar-refractivity contribution < 1.29 is 19.4 Å². The number of hydrogen-bond donors (Lipinski definition) is 2. The van der Waals surface area contributed by atoms with E-state index in [1.165, 1.54) is 30.3 Å². The fourth-order valence-corrected chi connectivity index (χ4v) is 3.24. The standard InChI is InChI=1S/C22H13NO5/c1-2-23-12-3-6-15(18(9-12)22(26)27)21-16-7-4-13(24)10-19(16)28-20-11-14(25)5-8-17(20)21/h3-11,24H,1H2,(H,26,27). The highest BCUT2D eigenvalue weighted by Gasteiger charge is 2.22. The largest absolute Gasteiger partial charge is 0.508 e. The lowest BCUT2D eigenvalue weighted by Crippen LogP contribution is -2.03. The van der Waals surface area contributed by atoms with Gasteiger partial charge in [0.05, 0.1) is 11.3 Å². The van der Waals surface area contributed by atoms with Crippen LogP contribution in [0.15, 0.2) is 75.4 Å². The topological polar surface area (TPSA) is 100 Å². The van der Waals surface area contributed by atoms with Crippen molar-refractivity contribution in [2.45, 2.75) is 0 Å². The van der Waals surface area contributed by atoms with Crippen molar-refractivity contribution in [1.29, 1.82) is 0 Å². The summed E-state index contributed by atoms with van der Waals surface area (Å²) < 4.78 is 5.79. The molecule has 0 unspecified atom stereocenters. The number of nitrogens with zero attached hydrogens (tertiary/aromatic N) is 1. The van der Waals surface area contributed by atoms with Crippen molar-refractivity contribution in [2.75, 3.05) is 0 Å². The molecule has 136 valence electrons. The maximum Gasteiger partial charge on any atom is 0.336 e. The molecule has 6 heteroatoms. The number of aromatic carboxylic acids is 1. The summed E-state index contributed by atoms with van der Waals surface area (Å²) in [6, 6.07) is 13.6. The number of phenols is 1. The first-order valence-corrected chi connectivity index (χ1v) is 8.28. The number of carboxylic acids is 1. The van der Waals surface area contributed by atoms with Crippen LogP contribution < -0.4 is 5.43 Å². The van der Waals surface area contributed by atoms with Crippen LogP contribution >= 0.6 is 0 Å².